The van der Waals surface area contributed by atoms with Crippen LogP contribution in [-0.2, 0) is 14.8 Å². The molecule has 0 radical (unpaired) electrons. The van der Waals surface area contributed by atoms with Crippen molar-refractivity contribution >= 4 is 15.9 Å². The van der Waals surface area contributed by atoms with Gasteiger partial charge < -0.3 is 0 Å². The van der Waals surface area contributed by atoms with Crippen molar-refractivity contribution in [1.82, 2.24) is 4.31 Å². The molecule has 1 saturated heterocycles. The molecule has 5 heteroatoms. The first-order chi connectivity index (χ1) is 8.26. The minimum Gasteiger partial charge on any atom is -0.274 e. The molecule has 2 saturated carbocycles. The first kappa shape index (κ1) is 12.5. The molecule has 0 aromatic carbocycles. The molecule has 4 nitrogen and oxygen atoms in total. The van der Waals surface area contributed by atoms with Crippen LogP contribution in [0.5, 0.6) is 0 Å². The zero-order valence-corrected chi connectivity index (χ0v) is 12.1. The largest absolute Gasteiger partial charge is 0.274 e. The van der Waals surface area contributed by atoms with Gasteiger partial charge in [0.25, 0.3) is 0 Å². The Morgan fingerprint density at radius 1 is 1.39 bits per heavy atom. The topological polar surface area (TPSA) is 54.5 Å². The summed E-state index contributed by atoms with van der Waals surface area (Å²) < 4.78 is 25.9. The van der Waals surface area contributed by atoms with Crippen LogP contribution in [-0.4, -0.2) is 30.4 Å². The second kappa shape index (κ2) is 3.30. The minimum atomic E-state index is -3.39. The Balaban J connectivity index is 2.11. The Labute approximate surface area is 109 Å². The van der Waals surface area contributed by atoms with Crippen LogP contribution in [0.1, 0.15) is 46.5 Å². The predicted molar refractivity (Wildman–Crippen MR) is 68.3 cm³/mol. The van der Waals surface area contributed by atoms with Crippen molar-refractivity contribution in [2.24, 2.45) is 16.7 Å². The average Bonchev–Trinajstić information content (AvgIpc) is 2.74. The van der Waals surface area contributed by atoms with Crippen molar-refractivity contribution in [1.29, 1.82) is 0 Å². The van der Waals surface area contributed by atoms with Crippen LogP contribution in [0.4, 0.5) is 0 Å². The number of hydrogen-bond acceptors (Lipinski definition) is 3. The average molecular weight is 273 g/mol. The van der Waals surface area contributed by atoms with E-state index in [-0.39, 0.29) is 35.0 Å². The van der Waals surface area contributed by atoms with Crippen molar-refractivity contribution in [3.05, 3.63) is 0 Å². The fourth-order valence-electron chi connectivity index (χ4n) is 4.77. The van der Waals surface area contributed by atoms with Crippen LogP contribution in [0.2, 0.25) is 0 Å². The molecule has 1 heterocycles. The molecule has 0 unspecified atom stereocenters. The van der Waals surface area contributed by atoms with Crippen LogP contribution in [0, 0.1) is 16.7 Å². The van der Waals surface area contributed by atoms with Crippen LogP contribution in [0.3, 0.4) is 0 Å². The number of hydrogen-bond donors (Lipinski definition) is 0. The number of rotatable bonds is 1. The van der Waals surface area contributed by atoms with E-state index < -0.39 is 10.0 Å². The van der Waals surface area contributed by atoms with Crippen LogP contribution >= 0.6 is 0 Å². The van der Waals surface area contributed by atoms with Crippen LogP contribution in [0.15, 0.2) is 0 Å². The van der Waals surface area contributed by atoms with E-state index in [0.29, 0.717) is 5.92 Å². The van der Waals surface area contributed by atoms with Crippen LogP contribution in [0.25, 0.3) is 0 Å². The lowest BCUT2D eigenvalue weighted by molar-refractivity contribution is -0.128. The quantitative estimate of drug-likeness (QED) is 0.731. The molecule has 3 fully saturated rings. The van der Waals surface area contributed by atoms with Gasteiger partial charge in [-0.15, -0.1) is 0 Å². The van der Waals surface area contributed by atoms with Gasteiger partial charge in [0.2, 0.25) is 15.9 Å². The summed E-state index contributed by atoms with van der Waals surface area (Å²) in [5, 5.41) is 0. The normalized spacial score (nSPS) is 43.2. The lowest BCUT2D eigenvalue weighted by Crippen LogP contribution is -2.43. The van der Waals surface area contributed by atoms with Gasteiger partial charge >= 0.3 is 0 Å². The molecule has 102 valence electrons. The number of carbonyl (C=O) groups is 1. The third-order valence-corrected chi connectivity index (χ3v) is 7.90. The fourth-order valence-corrected chi connectivity index (χ4v) is 7.39. The second-order valence-corrected chi connectivity index (χ2v) is 8.51. The van der Waals surface area contributed by atoms with Crippen LogP contribution < -0.4 is 0 Å². The maximum absolute atomic E-state index is 12.4. The molecule has 2 bridgehead atoms. The van der Waals surface area contributed by atoms with E-state index in [4.69, 9.17) is 0 Å². The van der Waals surface area contributed by atoms with Gasteiger partial charge in [-0.25, -0.2) is 12.7 Å². The number of carbonyl (C=O) groups excluding carboxylic acids is 1. The standard InChI is InChI=1S/C13H21NO3S/c1-4-11(15)14-10-7-9-5-6-13(10,12(9,2)3)8-18(14,16)17/h9-10H,4-8H2,1-3H3/t9-,10-,13-/m0/s1/i11+2. The SMILES string of the molecule is CC[14C](=O)N1[C@H]2C[C@@H]3CC[C@@]2(CS1(=O)=O)C3(C)C. The second-order valence-electron chi connectivity index (χ2n) is 6.66. The molecule has 3 aliphatic rings. The Hall–Kier alpha value is -0.580. The maximum atomic E-state index is 12.4. The highest BCUT2D eigenvalue weighted by Gasteiger charge is 2.72. The number of amides is 1. The molecule has 0 aromatic rings. The summed E-state index contributed by atoms with van der Waals surface area (Å²) in [5.41, 5.74) is -0.130. The highest BCUT2D eigenvalue weighted by atomic mass is 32.2. The first-order valence-electron chi connectivity index (χ1n) is 6.81. The Bertz CT molecular complexity index is 510. The van der Waals surface area contributed by atoms with E-state index in [0.717, 1.165) is 19.3 Å². The third-order valence-electron chi connectivity index (χ3n) is 5.96. The Kier molecular flexibility index (Phi) is 2.28. The molecule has 0 N–H and O–H groups in total. The fraction of sp³-hybridized carbons (Fsp3) is 0.923. The van der Waals surface area contributed by atoms with Gasteiger partial charge in [0.1, 0.15) is 0 Å². The summed E-state index contributed by atoms with van der Waals surface area (Å²) >= 11 is 0. The van der Waals surface area contributed by atoms with Gasteiger partial charge in [-0.2, -0.15) is 0 Å². The minimum absolute atomic E-state index is 0.0491. The van der Waals surface area contributed by atoms with Gasteiger partial charge in [0, 0.05) is 11.8 Å². The summed E-state index contributed by atoms with van der Waals surface area (Å²) in [6.07, 6.45) is 3.23. The summed E-state index contributed by atoms with van der Waals surface area (Å²) in [4.78, 5) is 12.0. The van der Waals surface area contributed by atoms with Crippen molar-refractivity contribution < 1.29 is 13.2 Å². The smallest absolute Gasteiger partial charge is 0.238 e. The molecule has 3 rings (SSSR count). The van der Waals surface area contributed by atoms with E-state index >= 15 is 0 Å². The maximum Gasteiger partial charge on any atom is 0.238 e. The molecule has 1 aliphatic heterocycles. The van der Waals surface area contributed by atoms with Crippen molar-refractivity contribution in [3.63, 3.8) is 0 Å². The molecule has 1 spiro atoms. The molecular weight excluding hydrogens is 252 g/mol. The monoisotopic (exact) mass is 273 g/mol. The highest BCUT2D eigenvalue weighted by molar-refractivity contribution is 7.90. The highest BCUT2D eigenvalue weighted by Crippen LogP contribution is 2.69. The number of sulfonamides is 1. The summed E-state index contributed by atoms with van der Waals surface area (Å²) in [6, 6.07) is -0.0660. The van der Waals surface area contributed by atoms with E-state index in [1.165, 1.54) is 4.31 Å². The number of fused-ring (bicyclic) bond motifs is 1. The number of nitrogens with zero attached hydrogens (tertiary/aromatic N) is 1. The van der Waals surface area contributed by atoms with Gasteiger partial charge in [0.15, 0.2) is 0 Å². The summed E-state index contributed by atoms with van der Waals surface area (Å²) in [5.74, 6) is 0.533. The first-order valence-corrected chi connectivity index (χ1v) is 8.42. The molecule has 18 heavy (non-hydrogen) atoms. The zero-order chi connectivity index (χ0) is 13.3. The van der Waals surface area contributed by atoms with Crippen molar-refractivity contribution in [2.45, 2.75) is 52.5 Å². The van der Waals surface area contributed by atoms with E-state index in [9.17, 15) is 13.2 Å². The third kappa shape index (κ3) is 1.17. The summed E-state index contributed by atoms with van der Waals surface area (Å²) in [7, 11) is -3.39. The van der Waals surface area contributed by atoms with E-state index in [1.54, 1.807) is 6.92 Å². The predicted octanol–water partition coefficient (Wildman–Crippen LogP) is 1.76. The van der Waals surface area contributed by atoms with Gasteiger partial charge in [0.05, 0.1) is 11.8 Å². The van der Waals surface area contributed by atoms with Gasteiger partial charge in [-0.05, 0) is 30.6 Å². The summed E-state index contributed by atoms with van der Waals surface area (Å²) in [6.45, 7) is 6.13. The molecule has 1 amide bonds. The molecule has 0 aromatic heterocycles. The van der Waals surface area contributed by atoms with Crippen molar-refractivity contribution in [2.75, 3.05) is 5.75 Å². The van der Waals surface area contributed by atoms with E-state index in [2.05, 4.69) is 13.8 Å². The Morgan fingerprint density at radius 2 is 2.06 bits per heavy atom. The zero-order valence-electron chi connectivity index (χ0n) is 11.3. The van der Waals surface area contributed by atoms with Gasteiger partial charge in [-0.1, -0.05) is 20.8 Å². The molecular formula is C13H21NO3S. The molecule has 2 aliphatic carbocycles. The Morgan fingerprint density at radius 3 is 2.61 bits per heavy atom. The van der Waals surface area contributed by atoms with E-state index in [1.807, 2.05) is 0 Å². The molecule has 3 atom stereocenters. The lowest BCUT2D eigenvalue weighted by atomic mass is 9.69. The lowest BCUT2D eigenvalue weighted by Gasteiger charge is -2.37. The van der Waals surface area contributed by atoms with Crippen molar-refractivity contribution in [3.8, 4) is 0 Å². The van der Waals surface area contributed by atoms with Gasteiger partial charge in [-0.3, -0.25) is 4.79 Å².